The molecule has 1 rings (SSSR count). The number of hydrogen-bond donors (Lipinski definition) is 1. The predicted octanol–water partition coefficient (Wildman–Crippen LogP) is 0.186. The Kier molecular flexibility index (Phi) is 2.01. The van der Waals surface area contributed by atoms with Gasteiger partial charge in [-0.3, -0.25) is 0 Å². The highest BCUT2D eigenvalue weighted by Gasteiger charge is 2.08. The van der Waals surface area contributed by atoms with E-state index in [1.807, 2.05) is 13.8 Å². The molecule has 0 spiro atoms. The third-order valence-electron chi connectivity index (χ3n) is 1.61. The Morgan fingerprint density at radius 3 is 2.60 bits per heavy atom. The SMILES string of the molecule is CC(N)C(C)n1cncn1. The lowest BCUT2D eigenvalue weighted by atomic mass is 10.2. The van der Waals surface area contributed by atoms with Crippen molar-refractivity contribution in [3.63, 3.8) is 0 Å². The van der Waals surface area contributed by atoms with Crippen LogP contribution in [0, 0.1) is 0 Å². The molecule has 0 fully saturated rings. The minimum Gasteiger partial charge on any atom is -0.326 e. The van der Waals surface area contributed by atoms with E-state index in [1.165, 1.54) is 6.33 Å². The minimum atomic E-state index is 0.113. The molecule has 4 nitrogen and oxygen atoms in total. The first kappa shape index (κ1) is 7.21. The van der Waals surface area contributed by atoms with Crippen LogP contribution in [-0.4, -0.2) is 20.8 Å². The standard InChI is InChI=1S/C6H12N4/c1-5(7)6(2)10-4-8-3-9-10/h3-6H,7H2,1-2H3. The van der Waals surface area contributed by atoms with Crippen LogP contribution in [0.1, 0.15) is 19.9 Å². The van der Waals surface area contributed by atoms with Gasteiger partial charge < -0.3 is 5.73 Å². The maximum Gasteiger partial charge on any atom is 0.137 e. The van der Waals surface area contributed by atoms with E-state index in [4.69, 9.17) is 5.73 Å². The molecule has 2 N–H and O–H groups in total. The van der Waals surface area contributed by atoms with Crippen molar-refractivity contribution in [2.75, 3.05) is 0 Å². The first-order valence-electron chi connectivity index (χ1n) is 3.31. The summed E-state index contributed by atoms with van der Waals surface area (Å²) in [4.78, 5) is 3.82. The van der Waals surface area contributed by atoms with Crippen LogP contribution in [0.2, 0.25) is 0 Å². The Morgan fingerprint density at radius 1 is 1.50 bits per heavy atom. The van der Waals surface area contributed by atoms with Gasteiger partial charge in [-0.2, -0.15) is 5.10 Å². The topological polar surface area (TPSA) is 56.7 Å². The Balaban J connectivity index is 2.68. The lowest BCUT2D eigenvalue weighted by Gasteiger charge is -2.14. The van der Waals surface area contributed by atoms with Gasteiger partial charge in [-0.25, -0.2) is 9.67 Å². The summed E-state index contributed by atoms with van der Waals surface area (Å²) in [5.41, 5.74) is 5.64. The molecule has 10 heavy (non-hydrogen) atoms. The van der Waals surface area contributed by atoms with Crippen LogP contribution in [0.4, 0.5) is 0 Å². The lowest BCUT2D eigenvalue weighted by molar-refractivity contribution is 0.424. The third kappa shape index (κ3) is 1.33. The normalized spacial score (nSPS) is 16.7. The van der Waals surface area contributed by atoms with E-state index >= 15 is 0 Å². The van der Waals surface area contributed by atoms with Crippen molar-refractivity contribution in [3.05, 3.63) is 12.7 Å². The zero-order chi connectivity index (χ0) is 7.56. The van der Waals surface area contributed by atoms with Crippen molar-refractivity contribution in [3.8, 4) is 0 Å². The van der Waals surface area contributed by atoms with Crippen molar-refractivity contribution < 1.29 is 0 Å². The molecule has 0 amide bonds. The lowest BCUT2D eigenvalue weighted by Crippen LogP contribution is -2.27. The molecule has 0 saturated carbocycles. The van der Waals surface area contributed by atoms with Gasteiger partial charge in [0.1, 0.15) is 12.7 Å². The fourth-order valence-electron chi connectivity index (χ4n) is 0.669. The molecular weight excluding hydrogens is 128 g/mol. The second kappa shape index (κ2) is 2.79. The fraction of sp³-hybridized carbons (Fsp3) is 0.667. The maximum atomic E-state index is 5.64. The number of hydrogen-bond acceptors (Lipinski definition) is 3. The van der Waals surface area contributed by atoms with E-state index in [1.54, 1.807) is 11.0 Å². The molecule has 1 aromatic rings. The fourth-order valence-corrected chi connectivity index (χ4v) is 0.669. The van der Waals surface area contributed by atoms with Crippen LogP contribution in [0.5, 0.6) is 0 Å². The molecule has 4 heteroatoms. The summed E-state index contributed by atoms with van der Waals surface area (Å²) in [5.74, 6) is 0. The van der Waals surface area contributed by atoms with E-state index in [2.05, 4.69) is 10.1 Å². The third-order valence-corrected chi connectivity index (χ3v) is 1.61. The van der Waals surface area contributed by atoms with Crippen molar-refractivity contribution in [2.45, 2.75) is 25.9 Å². The van der Waals surface area contributed by atoms with Gasteiger partial charge in [-0.15, -0.1) is 0 Å². The molecule has 0 bridgehead atoms. The van der Waals surface area contributed by atoms with Gasteiger partial charge in [-0.1, -0.05) is 0 Å². The van der Waals surface area contributed by atoms with E-state index < -0.39 is 0 Å². The zero-order valence-electron chi connectivity index (χ0n) is 6.23. The van der Waals surface area contributed by atoms with E-state index in [9.17, 15) is 0 Å². The summed E-state index contributed by atoms with van der Waals surface area (Å²) in [5, 5.41) is 3.96. The zero-order valence-corrected chi connectivity index (χ0v) is 6.23. The summed E-state index contributed by atoms with van der Waals surface area (Å²) in [6, 6.07) is 0.337. The smallest absolute Gasteiger partial charge is 0.137 e. The van der Waals surface area contributed by atoms with Crippen molar-refractivity contribution in [1.29, 1.82) is 0 Å². The number of nitrogens with zero attached hydrogens (tertiary/aromatic N) is 3. The summed E-state index contributed by atoms with van der Waals surface area (Å²) >= 11 is 0. The van der Waals surface area contributed by atoms with Gasteiger partial charge in [0.25, 0.3) is 0 Å². The van der Waals surface area contributed by atoms with Gasteiger partial charge in [0.15, 0.2) is 0 Å². The summed E-state index contributed by atoms with van der Waals surface area (Å²) < 4.78 is 1.75. The predicted molar refractivity (Wildman–Crippen MR) is 38.4 cm³/mol. The molecule has 1 heterocycles. The van der Waals surface area contributed by atoms with Crippen molar-refractivity contribution >= 4 is 0 Å². The van der Waals surface area contributed by atoms with E-state index in [0.29, 0.717) is 0 Å². The van der Waals surface area contributed by atoms with E-state index in [0.717, 1.165) is 0 Å². The Hall–Kier alpha value is -0.900. The number of nitrogens with two attached hydrogens (primary N) is 1. The molecule has 0 radical (unpaired) electrons. The molecule has 0 saturated heterocycles. The summed E-state index contributed by atoms with van der Waals surface area (Å²) in [7, 11) is 0. The highest BCUT2D eigenvalue weighted by atomic mass is 15.3. The second-order valence-electron chi connectivity index (χ2n) is 2.48. The van der Waals surface area contributed by atoms with Crippen molar-refractivity contribution in [1.82, 2.24) is 14.8 Å². The molecule has 1 aromatic heterocycles. The monoisotopic (exact) mass is 140 g/mol. The van der Waals surface area contributed by atoms with Crippen LogP contribution >= 0.6 is 0 Å². The molecular formula is C6H12N4. The van der Waals surface area contributed by atoms with Gasteiger partial charge in [0.2, 0.25) is 0 Å². The summed E-state index contributed by atoms with van der Waals surface area (Å²) in [6.07, 6.45) is 3.19. The minimum absolute atomic E-state index is 0.113. The van der Waals surface area contributed by atoms with Gasteiger partial charge in [-0.05, 0) is 13.8 Å². The molecule has 56 valence electrons. The largest absolute Gasteiger partial charge is 0.326 e. The molecule has 0 aliphatic heterocycles. The Bertz CT molecular complexity index is 180. The first-order chi connectivity index (χ1) is 4.72. The average Bonchev–Trinajstić information content (AvgIpc) is 2.36. The average molecular weight is 140 g/mol. The highest BCUT2D eigenvalue weighted by molar-refractivity contribution is 4.71. The quantitative estimate of drug-likeness (QED) is 0.637. The Labute approximate surface area is 60.1 Å². The first-order valence-corrected chi connectivity index (χ1v) is 3.31. The van der Waals surface area contributed by atoms with Gasteiger partial charge in [0.05, 0.1) is 6.04 Å². The van der Waals surface area contributed by atoms with Crippen LogP contribution in [-0.2, 0) is 0 Å². The van der Waals surface area contributed by atoms with Gasteiger partial charge >= 0.3 is 0 Å². The molecule has 0 aliphatic carbocycles. The Morgan fingerprint density at radius 2 is 2.20 bits per heavy atom. The van der Waals surface area contributed by atoms with E-state index in [-0.39, 0.29) is 12.1 Å². The molecule has 0 aromatic carbocycles. The molecule has 2 atom stereocenters. The van der Waals surface area contributed by atoms with Gasteiger partial charge in [0, 0.05) is 6.04 Å². The highest BCUT2D eigenvalue weighted by Crippen LogP contribution is 2.04. The van der Waals surface area contributed by atoms with Crippen LogP contribution in [0.25, 0.3) is 0 Å². The second-order valence-corrected chi connectivity index (χ2v) is 2.48. The molecule has 0 aliphatic rings. The summed E-state index contributed by atoms with van der Waals surface area (Å²) in [6.45, 7) is 3.96. The van der Waals surface area contributed by atoms with Crippen LogP contribution < -0.4 is 5.73 Å². The van der Waals surface area contributed by atoms with Crippen LogP contribution in [0.3, 0.4) is 0 Å². The van der Waals surface area contributed by atoms with Crippen molar-refractivity contribution in [2.24, 2.45) is 5.73 Å². The maximum absolute atomic E-state index is 5.64. The van der Waals surface area contributed by atoms with Crippen LogP contribution in [0.15, 0.2) is 12.7 Å². The molecule has 2 unspecified atom stereocenters. The number of aromatic nitrogens is 3. The number of rotatable bonds is 2.